The third-order valence-corrected chi connectivity index (χ3v) is 4.95. The number of anilines is 1. The number of ether oxygens (including phenoxy) is 2. The van der Waals surface area contributed by atoms with Crippen LogP contribution in [0.2, 0.25) is 0 Å². The molecular weight excluding hydrogens is 388 g/mol. The van der Waals surface area contributed by atoms with E-state index < -0.39 is 5.91 Å². The monoisotopic (exact) mass is 412 g/mol. The fraction of sp³-hybridized carbons (Fsp3) is 0.154. The number of methoxy groups -OCH3 is 1. The molecule has 0 saturated carbocycles. The summed E-state index contributed by atoms with van der Waals surface area (Å²) in [7, 11) is 1.57. The molecule has 31 heavy (non-hydrogen) atoms. The Bertz CT molecular complexity index is 1150. The van der Waals surface area contributed by atoms with Crippen molar-refractivity contribution in [2.45, 2.75) is 20.5 Å². The number of hydrogen-bond acceptors (Lipinski definition) is 4. The minimum atomic E-state index is -0.459. The van der Waals surface area contributed by atoms with Crippen LogP contribution in [0.25, 0.3) is 6.08 Å². The number of nitriles is 1. The van der Waals surface area contributed by atoms with Crippen molar-refractivity contribution in [2.24, 2.45) is 0 Å². The van der Waals surface area contributed by atoms with Gasteiger partial charge in [-0.25, -0.2) is 0 Å². The van der Waals surface area contributed by atoms with Crippen LogP contribution in [0.3, 0.4) is 0 Å². The van der Waals surface area contributed by atoms with Crippen molar-refractivity contribution in [1.82, 2.24) is 0 Å². The molecule has 3 aromatic carbocycles. The van der Waals surface area contributed by atoms with E-state index in [-0.39, 0.29) is 5.57 Å². The zero-order chi connectivity index (χ0) is 22.2. The first kappa shape index (κ1) is 21.7. The lowest BCUT2D eigenvalue weighted by molar-refractivity contribution is -0.112. The van der Waals surface area contributed by atoms with E-state index in [1.54, 1.807) is 25.3 Å². The first-order chi connectivity index (χ1) is 15.0. The third-order valence-electron chi connectivity index (χ3n) is 4.95. The number of rotatable bonds is 7. The molecule has 0 bridgehead atoms. The molecule has 0 heterocycles. The van der Waals surface area contributed by atoms with E-state index in [9.17, 15) is 10.1 Å². The van der Waals surface area contributed by atoms with Gasteiger partial charge < -0.3 is 14.8 Å². The van der Waals surface area contributed by atoms with Crippen LogP contribution in [0.15, 0.2) is 72.3 Å². The molecule has 0 saturated heterocycles. The van der Waals surface area contributed by atoms with Crippen LogP contribution in [-0.4, -0.2) is 13.0 Å². The highest BCUT2D eigenvalue weighted by Crippen LogP contribution is 2.30. The summed E-state index contributed by atoms with van der Waals surface area (Å²) >= 11 is 0. The lowest BCUT2D eigenvalue weighted by atomic mass is 10.1. The Hall–Kier alpha value is -4.04. The van der Waals surface area contributed by atoms with E-state index in [1.807, 2.05) is 68.4 Å². The molecule has 0 unspecified atom stereocenters. The first-order valence-electron chi connectivity index (χ1n) is 9.86. The Balaban J connectivity index is 1.82. The number of nitrogens with zero attached hydrogens (tertiary/aromatic N) is 1. The molecular formula is C26H24N2O3. The van der Waals surface area contributed by atoms with E-state index in [0.717, 1.165) is 16.7 Å². The minimum absolute atomic E-state index is 0.0000762. The van der Waals surface area contributed by atoms with Crippen molar-refractivity contribution in [3.63, 3.8) is 0 Å². The Labute approximate surface area is 182 Å². The van der Waals surface area contributed by atoms with E-state index in [4.69, 9.17) is 9.47 Å². The van der Waals surface area contributed by atoms with Crippen LogP contribution in [-0.2, 0) is 11.4 Å². The average molecular weight is 412 g/mol. The van der Waals surface area contributed by atoms with E-state index in [0.29, 0.717) is 29.4 Å². The molecule has 0 radical (unpaired) electrons. The molecule has 0 atom stereocenters. The maximum Gasteiger partial charge on any atom is 0.266 e. The molecule has 3 aromatic rings. The number of nitrogens with one attached hydrogen (secondary N) is 1. The minimum Gasteiger partial charge on any atom is -0.493 e. The highest BCUT2D eigenvalue weighted by atomic mass is 16.5. The molecule has 5 heteroatoms. The first-order valence-corrected chi connectivity index (χ1v) is 9.86. The summed E-state index contributed by atoms with van der Waals surface area (Å²) in [5.74, 6) is 0.650. The number of aryl methyl sites for hydroxylation is 1. The van der Waals surface area contributed by atoms with Gasteiger partial charge in [-0.05, 0) is 60.4 Å². The smallest absolute Gasteiger partial charge is 0.266 e. The summed E-state index contributed by atoms with van der Waals surface area (Å²) in [4.78, 5) is 12.7. The molecule has 5 nitrogen and oxygen atoms in total. The zero-order valence-corrected chi connectivity index (χ0v) is 17.8. The van der Waals surface area contributed by atoms with Gasteiger partial charge in [0.05, 0.1) is 7.11 Å². The van der Waals surface area contributed by atoms with E-state index >= 15 is 0 Å². The summed E-state index contributed by atoms with van der Waals surface area (Å²) < 4.78 is 11.3. The predicted octanol–water partition coefficient (Wildman–Crippen LogP) is 5.44. The van der Waals surface area contributed by atoms with Gasteiger partial charge in [0.25, 0.3) is 5.91 Å². The van der Waals surface area contributed by atoms with Gasteiger partial charge >= 0.3 is 0 Å². The van der Waals surface area contributed by atoms with Crippen molar-refractivity contribution in [1.29, 1.82) is 5.26 Å². The highest BCUT2D eigenvalue weighted by molar-refractivity contribution is 6.10. The second-order valence-electron chi connectivity index (χ2n) is 7.06. The fourth-order valence-electron chi connectivity index (χ4n) is 3.02. The van der Waals surface area contributed by atoms with Crippen LogP contribution in [0.5, 0.6) is 11.5 Å². The molecule has 0 spiro atoms. The van der Waals surface area contributed by atoms with Gasteiger partial charge in [0.15, 0.2) is 11.5 Å². The van der Waals surface area contributed by atoms with E-state index in [2.05, 4.69) is 5.32 Å². The topological polar surface area (TPSA) is 71.3 Å². The summed E-state index contributed by atoms with van der Waals surface area (Å²) in [6, 6.07) is 22.7. The SMILES string of the molecule is COc1ccc(/C=C(\C#N)C(=O)Nc2cccc(C)c2C)cc1OCc1ccccc1. The van der Waals surface area contributed by atoms with Crippen molar-refractivity contribution >= 4 is 17.7 Å². The Morgan fingerprint density at radius 3 is 2.52 bits per heavy atom. The van der Waals surface area contributed by atoms with Crippen molar-refractivity contribution in [2.75, 3.05) is 12.4 Å². The average Bonchev–Trinajstić information content (AvgIpc) is 2.79. The maximum absolute atomic E-state index is 12.7. The van der Waals surface area contributed by atoms with Gasteiger partial charge in [-0.1, -0.05) is 48.5 Å². The molecule has 1 amide bonds. The van der Waals surface area contributed by atoms with Gasteiger partial charge in [0.1, 0.15) is 18.2 Å². The molecule has 0 aliphatic rings. The maximum atomic E-state index is 12.7. The van der Waals surface area contributed by atoms with Crippen LogP contribution in [0, 0.1) is 25.2 Å². The van der Waals surface area contributed by atoms with Crippen LogP contribution in [0.4, 0.5) is 5.69 Å². The molecule has 3 rings (SSSR count). The van der Waals surface area contributed by atoms with Gasteiger partial charge in [-0.3, -0.25) is 4.79 Å². The lowest BCUT2D eigenvalue weighted by Crippen LogP contribution is -2.14. The Morgan fingerprint density at radius 1 is 1.03 bits per heavy atom. The highest BCUT2D eigenvalue weighted by Gasteiger charge is 2.13. The van der Waals surface area contributed by atoms with Crippen LogP contribution in [0.1, 0.15) is 22.3 Å². The number of hydrogen-bond donors (Lipinski definition) is 1. The second-order valence-corrected chi connectivity index (χ2v) is 7.06. The summed E-state index contributed by atoms with van der Waals surface area (Å²) in [5, 5.41) is 12.4. The standard InChI is InChI=1S/C26H24N2O3/c1-18-8-7-11-23(19(18)2)28-26(29)22(16-27)14-21-12-13-24(30-3)25(15-21)31-17-20-9-5-4-6-10-20/h4-15H,17H2,1-3H3,(H,28,29)/b22-14+. The predicted molar refractivity (Wildman–Crippen MR) is 122 cm³/mol. The quantitative estimate of drug-likeness (QED) is 0.414. The van der Waals surface area contributed by atoms with Gasteiger partial charge in [0, 0.05) is 5.69 Å². The normalized spacial score (nSPS) is 10.8. The zero-order valence-electron chi connectivity index (χ0n) is 17.8. The molecule has 156 valence electrons. The molecule has 0 aromatic heterocycles. The molecule has 0 aliphatic heterocycles. The van der Waals surface area contributed by atoms with Gasteiger partial charge in [-0.15, -0.1) is 0 Å². The summed E-state index contributed by atoms with van der Waals surface area (Å²) in [6.45, 7) is 4.28. The summed E-state index contributed by atoms with van der Waals surface area (Å²) in [5.41, 5.74) is 4.41. The Kier molecular flexibility index (Phi) is 7.08. The Morgan fingerprint density at radius 2 is 1.81 bits per heavy atom. The van der Waals surface area contributed by atoms with Gasteiger partial charge in [0.2, 0.25) is 0 Å². The number of carbonyl (C=O) groups excluding carboxylic acids is 1. The molecule has 0 aliphatic carbocycles. The molecule has 0 fully saturated rings. The lowest BCUT2D eigenvalue weighted by Gasteiger charge is -2.12. The van der Waals surface area contributed by atoms with Gasteiger partial charge in [-0.2, -0.15) is 5.26 Å². The van der Waals surface area contributed by atoms with Crippen molar-refractivity contribution in [3.8, 4) is 17.6 Å². The largest absolute Gasteiger partial charge is 0.493 e. The number of carbonyl (C=O) groups is 1. The van der Waals surface area contributed by atoms with E-state index in [1.165, 1.54) is 6.08 Å². The third kappa shape index (κ3) is 5.52. The van der Waals surface area contributed by atoms with Crippen LogP contribution < -0.4 is 14.8 Å². The second kappa shape index (κ2) is 10.1. The number of benzene rings is 3. The van der Waals surface area contributed by atoms with Crippen molar-refractivity contribution < 1.29 is 14.3 Å². The van der Waals surface area contributed by atoms with Crippen molar-refractivity contribution in [3.05, 3.63) is 94.6 Å². The molecule has 1 N–H and O–H groups in total. The fourth-order valence-corrected chi connectivity index (χ4v) is 3.02. The van der Waals surface area contributed by atoms with Crippen LogP contribution >= 0.6 is 0 Å². The number of amides is 1. The summed E-state index contributed by atoms with van der Waals surface area (Å²) in [6.07, 6.45) is 1.54.